The third-order valence-electron chi connectivity index (χ3n) is 4.72. The van der Waals surface area contributed by atoms with Gasteiger partial charge in [0.2, 0.25) is 0 Å². The third kappa shape index (κ3) is 4.77. The fourth-order valence-electron chi connectivity index (χ4n) is 3.28. The van der Waals surface area contributed by atoms with Gasteiger partial charge < -0.3 is 19.8 Å². The molecule has 3 rings (SSSR count). The fraction of sp³-hybridized carbons (Fsp3) is 0.579. The number of aryl methyl sites for hydroxylation is 3. The Morgan fingerprint density at radius 2 is 2.11 bits per heavy atom. The number of carbonyl (C=O) groups is 2. The number of fused-ring (bicyclic) bond motifs is 3. The standard InChI is InChI=1S/C19H25N3O5S/c1-11(17(24)20-9-10-26-2)27-15(23)8-7-14-21-18(25)16-12-5-3-4-6-13(12)28-19(16)22-14/h11H,3-10H2,1-2H3,(H,20,24)(H,21,22,25)/t11-/m1/s1. The highest BCUT2D eigenvalue weighted by molar-refractivity contribution is 7.18. The minimum absolute atomic E-state index is 0.0369. The number of methoxy groups -OCH3 is 1. The normalized spacial score (nSPS) is 14.5. The van der Waals surface area contributed by atoms with Gasteiger partial charge in [-0.05, 0) is 38.2 Å². The Morgan fingerprint density at radius 1 is 1.32 bits per heavy atom. The Kier molecular flexibility index (Phi) is 6.79. The summed E-state index contributed by atoms with van der Waals surface area (Å²) in [6, 6.07) is 0. The monoisotopic (exact) mass is 407 g/mol. The van der Waals surface area contributed by atoms with Crippen LogP contribution in [0.2, 0.25) is 0 Å². The molecule has 1 aliphatic carbocycles. The van der Waals surface area contributed by atoms with Gasteiger partial charge in [0.15, 0.2) is 6.10 Å². The quantitative estimate of drug-likeness (QED) is 0.507. The first-order valence-corrected chi connectivity index (χ1v) is 10.3. The first-order chi connectivity index (χ1) is 13.5. The van der Waals surface area contributed by atoms with Crippen LogP contribution in [0.4, 0.5) is 0 Å². The van der Waals surface area contributed by atoms with Gasteiger partial charge in [-0.25, -0.2) is 4.98 Å². The minimum atomic E-state index is -0.886. The number of hydrogen-bond donors (Lipinski definition) is 2. The van der Waals surface area contributed by atoms with E-state index in [1.165, 1.54) is 18.9 Å². The van der Waals surface area contributed by atoms with Crippen molar-refractivity contribution < 1.29 is 19.1 Å². The number of carbonyl (C=O) groups excluding carboxylic acids is 2. The average Bonchev–Trinajstić information content (AvgIpc) is 3.05. The van der Waals surface area contributed by atoms with Gasteiger partial charge in [-0.1, -0.05) is 0 Å². The van der Waals surface area contributed by atoms with E-state index in [2.05, 4.69) is 15.3 Å². The largest absolute Gasteiger partial charge is 0.453 e. The fourth-order valence-corrected chi connectivity index (χ4v) is 4.56. The van der Waals surface area contributed by atoms with Crippen molar-refractivity contribution in [2.24, 2.45) is 0 Å². The summed E-state index contributed by atoms with van der Waals surface area (Å²) in [5.41, 5.74) is 0.998. The maximum Gasteiger partial charge on any atom is 0.307 e. The molecule has 28 heavy (non-hydrogen) atoms. The Hall–Kier alpha value is -2.26. The topological polar surface area (TPSA) is 110 Å². The number of aromatic nitrogens is 2. The average molecular weight is 407 g/mol. The van der Waals surface area contributed by atoms with Gasteiger partial charge in [0.1, 0.15) is 10.7 Å². The molecule has 1 aliphatic rings. The number of esters is 1. The SMILES string of the molecule is COCCNC(=O)[C@@H](C)OC(=O)CCc1nc2sc3c(c2c(=O)[nH]1)CCCC3. The van der Waals surface area contributed by atoms with Gasteiger partial charge in [0.05, 0.1) is 18.4 Å². The number of rotatable bonds is 8. The third-order valence-corrected chi connectivity index (χ3v) is 5.91. The number of nitrogens with zero attached hydrogens (tertiary/aromatic N) is 1. The zero-order valence-corrected chi connectivity index (χ0v) is 16.9. The molecule has 0 saturated heterocycles. The molecule has 9 heteroatoms. The first-order valence-electron chi connectivity index (χ1n) is 9.49. The van der Waals surface area contributed by atoms with E-state index in [1.54, 1.807) is 11.3 Å². The van der Waals surface area contributed by atoms with Crippen molar-refractivity contribution >= 4 is 33.4 Å². The summed E-state index contributed by atoms with van der Waals surface area (Å²) in [6.07, 6.45) is 3.58. The molecule has 2 N–H and O–H groups in total. The molecule has 8 nitrogen and oxygen atoms in total. The predicted octanol–water partition coefficient (Wildman–Crippen LogP) is 1.49. The van der Waals surface area contributed by atoms with Crippen molar-refractivity contribution in [3.63, 3.8) is 0 Å². The van der Waals surface area contributed by atoms with Crippen LogP contribution < -0.4 is 10.9 Å². The maximum absolute atomic E-state index is 12.5. The molecule has 0 saturated carbocycles. The smallest absolute Gasteiger partial charge is 0.307 e. The molecule has 0 aliphatic heterocycles. The lowest BCUT2D eigenvalue weighted by atomic mass is 9.97. The van der Waals surface area contributed by atoms with Gasteiger partial charge in [0.25, 0.3) is 11.5 Å². The van der Waals surface area contributed by atoms with Crippen molar-refractivity contribution in [1.29, 1.82) is 0 Å². The second-order valence-corrected chi connectivity index (χ2v) is 7.90. The molecule has 152 valence electrons. The lowest BCUT2D eigenvalue weighted by Gasteiger charge is -2.13. The Bertz CT molecular complexity index is 920. The summed E-state index contributed by atoms with van der Waals surface area (Å²) in [5, 5.41) is 3.32. The van der Waals surface area contributed by atoms with Gasteiger partial charge in [-0.2, -0.15) is 0 Å². The van der Waals surface area contributed by atoms with E-state index in [9.17, 15) is 14.4 Å². The molecule has 0 radical (unpaired) electrons. The minimum Gasteiger partial charge on any atom is -0.453 e. The number of H-pyrrole nitrogens is 1. The van der Waals surface area contributed by atoms with Crippen LogP contribution in [-0.2, 0) is 38.3 Å². The van der Waals surface area contributed by atoms with Crippen LogP contribution in [0.3, 0.4) is 0 Å². The number of hydrogen-bond acceptors (Lipinski definition) is 7. The number of amides is 1. The number of aromatic amines is 1. The summed E-state index contributed by atoms with van der Waals surface area (Å²) >= 11 is 1.58. The molecule has 2 aromatic rings. The lowest BCUT2D eigenvalue weighted by Crippen LogP contribution is -2.37. The molecule has 0 bridgehead atoms. The van der Waals surface area contributed by atoms with E-state index in [4.69, 9.17) is 9.47 Å². The Labute approximate surface area is 166 Å². The summed E-state index contributed by atoms with van der Waals surface area (Å²) in [4.78, 5) is 45.7. The molecule has 0 spiro atoms. The molecule has 1 amide bonds. The van der Waals surface area contributed by atoms with Crippen LogP contribution in [0.5, 0.6) is 0 Å². The number of nitrogens with one attached hydrogen (secondary N) is 2. The molecule has 2 aromatic heterocycles. The highest BCUT2D eigenvalue weighted by atomic mass is 32.1. The second kappa shape index (κ2) is 9.29. The summed E-state index contributed by atoms with van der Waals surface area (Å²) in [5.74, 6) is -0.421. The Morgan fingerprint density at radius 3 is 2.89 bits per heavy atom. The van der Waals surface area contributed by atoms with Crippen molar-refractivity contribution in [3.8, 4) is 0 Å². The molecule has 0 fully saturated rings. The molecular formula is C19H25N3O5S. The predicted molar refractivity (Wildman–Crippen MR) is 106 cm³/mol. The molecular weight excluding hydrogens is 382 g/mol. The lowest BCUT2D eigenvalue weighted by molar-refractivity contribution is -0.154. The number of thiophene rings is 1. The van der Waals surface area contributed by atoms with E-state index < -0.39 is 12.1 Å². The van der Waals surface area contributed by atoms with E-state index in [0.29, 0.717) is 24.4 Å². The van der Waals surface area contributed by atoms with Gasteiger partial charge in [-0.3, -0.25) is 14.4 Å². The highest BCUT2D eigenvalue weighted by Gasteiger charge is 2.21. The van der Waals surface area contributed by atoms with Crippen molar-refractivity contribution in [1.82, 2.24) is 15.3 Å². The number of ether oxygens (including phenoxy) is 2. The summed E-state index contributed by atoms with van der Waals surface area (Å²) in [6.45, 7) is 2.26. The van der Waals surface area contributed by atoms with Gasteiger partial charge in [-0.15, -0.1) is 11.3 Å². The van der Waals surface area contributed by atoms with Crippen LogP contribution in [-0.4, -0.2) is 48.2 Å². The van der Waals surface area contributed by atoms with Crippen LogP contribution in [0.1, 0.15) is 42.5 Å². The van der Waals surface area contributed by atoms with E-state index >= 15 is 0 Å². The zero-order valence-electron chi connectivity index (χ0n) is 16.1. The zero-order chi connectivity index (χ0) is 20.1. The maximum atomic E-state index is 12.5. The van der Waals surface area contributed by atoms with Gasteiger partial charge in [0, 0.05) is 25.0 Å². The Balaban J connectivity index is 1.58. The van der Waals surface area contributed by atoms with Crippen LogP contribution in [0.15, 0.2) is 4.79 Å². The summed E-state index contributed by atoms with van der Waals surface area (Å²) < 4.78 is 9.99. The molecule has 2 heterocycles. The van der Waals surface area contributed by atoms with E-state index in [0.717, 1.165) is 36.1 Å². The summed E-state index contributed by atoms with van der Waals surface area (Å²) in [7, 11) is 1.54. The van der Waals surface area contributed by atoms with Crippen LogP contribution in [0.25, 0.3) is 10.2 Å². The van der Waals surface area contributed by atoms with Crippen LogP contribution >= 0.6 is 11.3 Å². The van der Waals surface area contributed by atoms with E-state index in [-0.39, 0.29) is 24.3 Å². The highest BCUT2D eigenvalue weighted by Crippen LogP contribution is 2.33. The van der Waals surface area contributed by atoms with E-state index in [1.807, 2.05) is 0 Å². The van der Waals surface area contributed by atoms with Crippen molar-refractivity contribution in [2.75, 3.05) is 20.3 Å². The van der Waals surface area contributed by atoms with Gasteiger partial charge >= 0.3 is 5.97 Å². The molecule has 0 aromatic carbocycles. The van der Waals surface area contributed by atoms with Crippen LogP contribution in [0, 0.1) is 0 Å². The molecule has 1 atom stereocenters. The molecule has 0 unspecified atom stereocenters. The van der Waals surface area contributed by atoms with Crippen molar-refractivity contribution in [2.45, 2.75) is 51.6 Å². The first kappa shape index (κ1) is 20.5. The second-order valence-electron chi connectivity index (χ2n) is 6.82. The van der Waals surface area contributed by atoms with Crippen molar-refractivity contribution in [3.05, 3.63) is 26.6 Å².